The zero-order chi connectivity index (χ0) is 15.7. The predicted molar refractivity (Wildman–Crippen MR) is 82.4 cm³/mol. The molecule has 21 heavy (non-hydrogen) atoms. The fourth-order valence-electron chi connectivity index (χ4n) is 2.88. The number of amides is 1. The number of ether oxygens (including phenoxy) is 1. The number of nitrogens with one attached hydrogen (secondary N) is 1. The van der Waals surface area contributed by atoms with Crippen molar-refractivity contribution in [1.82, 2.24) is 14.7 Å². The normalized spacial score (nSPS) is 24.9. The summed E-state index contributed by atoms with van der Waals surface area (Å²) in [4.78, 5) is 14.7. The Bertz CT molecular complexity index is 516. The maximum atomic E-state index is 12.5. The summed E-state index contributed by atoms with van der Waals surface area (Å²) in [6.45, 7) is 11.5. The number of aromatic nitrogens is 2. The Labute approximate surface area is 126 Å². The van der Waals surface area contributed by atoms with Crippen molar-refractivity contribution in [3.05, 3.63) is 11.4 Å². The van der Waals surface area contributed by atoms with Gasteiger partial charge >= 0.3 is 0 Å². The molecule has 1 amide bonds. The Morgan fingerprint density at radius 2 is 1.90 bits per heavy atom. The Hall–Kier alpha value is -1.40. The van der Waals surface area contributed by atoms with E-state index < -0.39 is 0 Å². The van der Waals surface area contributed by atoms with E-state index >= 15 is 0 Å². The monoisotopic (exact) mass is 294 g/mol. The van der Waals surface area contributed by atoms with Crippen molar-refractivity contribution < 1.29 is 9.53 Å². The standard InChI is InChI=1S/C15H26N4O2/c1-9-7-19(8-10(2)21-9)13(5)15(20)16-14-11(3)17-18(6)12(14)4/h9-10,13H,7-8H2,1-6H3,(H,16,20)/t9-,10+,13-/m0/s1. The SMILES string of the molecule is Cc1nn(C)c(C)c1NC(=O)[C@H](C)N1C[C@@H](C)O[C@@H](C)C1. The molecule has 6 nitrogen and oxygen atoms in total. The summed E-state index contributed by atoms with van der Waals surface area (Å²) in [5.41, 5.74) is 2.64. The van der Waals surface area contributed by atoms with E-state index in [1.807, 2.05) is 41.7 Å². The topological polar surface area (TPSA) is 59.4 Å². The number of carbonyl (C=O) groups is 1. The van der Waals surface area contributed by atoms with E-state index in [0.717, 1.165) is 30.2 Å². The third-order valence-electron chi connectivity index (χ3n) is 4.13. The summed E-state index contributed by atoms with van der Waals surface area (Å²) in [5, 5.41) is 7.35. The van der Waals surface area contributed by atoms with Gasteiger partial charge in [0.2, 0.25) is 5.91 Å². The first-order valence-electron chi connectivity index (χ1n) is 7.50. The molecular weight excluding hydrogens is 268 g/mol. The van der Waals surface area contributed by atoms with Gasteiger partial charge in [-0.1, -0.05) is 0 Å². The van der Waals surface area contributed by atoms with Gasteiger partial charge in [0, 0.05) is 20.1 Å². The van der Waals surface area contributed by atoms with E-state index in [-0.39, 0.29) is 24.2 Å². The molecule has 0 saturated carbocycles. The minimum absolute atomic E-state index is 0.00972. The van der Waals surface area contributed by atoms with Crippen LogP contribution in [0.1, 0.15) is 32.2 Å². The van der Waals surface area contributed by atoms with Crippen LogP contribution in [0.15, 0.2) is 0 Å². The summed E-state index contributed by atoms with van der Waals surface area (Å²) in [6, 6.07) is -0.183. The average Bonchev–Trinajstić information content (AvgIpc) is 2.63. The first-order chi connectivity index (χ1) is 9.79. The molecule has 2 heterocycles. The highest BCUT2D eigenvalue weighted by Crippen LogP contribution is 2.20. The number of morpholine rings is 1. The molecule has 1 saturated heterocycles. The molecule has 118 valence electrons. The Balaban J connectivity index is 2.05. The van der Waals surface area contributed by atoms with Crippen LogP contribution in [0.4, 0.5) is 5.69 Å². The molecular formula is C15H26N4O2. The second kappa shape index (κ2) is 6.15. The van der Waals surface area contributed by atoms with Crippen molar-refractivity contribution in [2.24, 2.45) is 7.05 Å². The number of hydrogen-bond donors (Lipinski definition) is 1. The van der Waals surface area contributed by atoms with Crippen LogP contribution >= 0.6 is 0 Å². The smallest absolute Gasteiger partial charge is 0.241 e. The van der Waals surface area contributed by atoms with Gasteiger partial charge in [-0.25, -0.2) is 0 Å². The number of anilines is 1. The Morgan fingerprint density at radius 3 is 2.38 bits per heavy atom. The molecule has 1 aliphatic heterocycles. The number of carbonyl (C=O) groups excluding carboxylic acids is 1. The van der Waals surface area contributed by atoms with E-state index in [2.05, 4.69) is 15.3 Å². The van der Waals surface area contributed by atoms with Gasteiger partial charge in [-0.3, -0.25) is 14.4 Å². The lowest BCUT2D eigenvalue weighted by molar-refractivity contribution is -0.126. The van der Waals surface area contributed by atoms with Crippen molar-refractivity contribution in [2.45, 2.75) is 52.9 Å². The summed E-state index contributed by atoms with van der Waals surface area (Å²) in [7, 11) is 1.88. The van der Waals surface area contributed by atoms with Crippen LogP contribution < -0.4 is 5.32 Å². The molecule has 1 aromatic heterocycles. The maximum Gasteiger partial charge on any atom is 0.241 e. The number of nitrogens with zero attached hydrogens (tertiary/aromatic N) is 3. The van der Waals surface area contributed by atoms with Crippen LogP contribution in [0, 0.1) is 13.8 Å². The summed E-state index contributed by atoms with van der Waals surface area (Å²) >= 11 is 0. The number of hydrogen-bond acceptors (Lipinski definition) is 4. The summed E-state index contributed by atoms with van der Waals surface area (Å²) in [5.74, 6) is 0.00972. The molecule has 2 rings (SSSR count). The Morgan fingerprint density at radius 1 is 1.33 bits per heavy atom. The molecule has 0 radical (unpaired) electrons. The third-order valence-corrected chi connectivity index (χ3v) is 4.13. The van der Waals surface area contributed by atoms with E-state index in [9.17, 15) is 4.79 Å². The van der Waals surface area contributed by atoms with Crippen molar-refractivity contribution in [3.63, 3.8) is 0 Å². The highest BCUT2D eigenvalue weighted by molar-refractivity contribution is 5.95. The Kier molecular flexibility index (Phi) is 4.68. The van der Waals surface area contributed by atoms with Crippen molar-refractivity contribution in [3.8, 4) is 0 Å². The molecule has 1 fully saturated rings. The molecule has 0 aromatic carbocycles. The van der Waals surface area contributed by atoms with Gasteiger partial charge in [-0.05, 0) is 34.6 Å². The van der Waals surface area contributed by atoms with Crippen molar-refractivity contribution in [2.75, 3.05) is 18.4 Å². The maximum absolute atomic E-state index is 12.5. The lowest BCUT2D eigenvalue weighted by Gasteiger charge is -2.38. The van der Waals surface area contributed by atoms with Gasteiger partial charge in [0.25, 0.3) is 0 Å². The average molecular weight is 294 g/mol. The van der Waals surface area contributed by atoms with Crippen LogP contribution in [0.2, 0.25) is 0 Å². The molecule has 0 spiro atoms. The predicted octanol–water partition coefficient (Wildman–Crippen LogP) is 1.47. The van der Waals surface area contributed by atoms with Gasteiger partial charge in [0.1, 0.15) is 0 Å². The zero-order valence-electron chi connectivity index (χ0n) is 13.8. The molecule has 0 aliphatic carbocycles. The second-order valence-electron chi connectivity index (χ2n) is 6.05. The number of aryl methyl sites for hydroxylation is 2. The van der Waals surface area contributed by atoms with E-state index in [1.54, 1.807) is 4.68 Å². The summed E-state index contributed by atoms with van der Waals surface area (Å²) in [6.07, 6.45) is 0.316. The second-order valence-corrected chi connectivity index (χ2v) is 6.05. The molecule has 1 N–H and O–H groups in total. The molecule has 1 aliphatic rings. The first kappa shape index (κ1) is 16.0. The molecule has 1 aromatic rings. The minimum atomic E-state index is -0.183. The summed E-state index contributed by atoms with van der Waals surface area (Å²) < 4.78 is 7.51. The highest BCUT2D eigenvalue weighted by atomic mass is 16.5. The van der Waals surface area contributed by atoms with Crippen LogP contribution in [0.5, 0.6) is 0 Å². The van der Waals surface area contributed by atoms with Crippen LogP contribution in [0.25, 0.3) is 0 Å². The van der Waals surface area contributed by atoms with E-state index in [4.69, 9.17) is 4.74 Å². The van der Waals surface area contributed by atoms with Crippen LogP contribution in [0.3, 0.4) is 0 Å². The van der Waals surface area contributed by atoms with E-state index in [0.29, 0.717) is 0 Å². The van der Waals surface area contributed by atoms with E-state index in [1.165, 1.54) is 0 Å². The highest BCUT2D eigenvalue weighted by Gasteiger charge is 2.29. The quantitative estimate of drug-likeness (QED) is 0.917. The van der Waals surface area contributed by atoms with Crippen molar-refractivity contribution >= 4 is 11.6 Å². The third kappa shape index (κ3) is 3.44. The first-order valence-corrected chi connectivity index (χ1v) is 7.50. The number of rotatable bonds is 3. The fourth-order valence-corrected chi connectivity index (χ4v) is 2.88. The minimum Gasteiger partial charge on any atom is -0.373 e. The molecule has 0 unspecified atom stereocenters. The molecule has 0 bridgehead atoms. The molecule has 3 atom stereocenters. The van der Waals surface area contributed by atoms with Crippen LogP contribution in [-0.2, 0) is 16.6 Å². The van der Waals surface area contributed by atoms with Crippen molar-refractivity contribution in [1.29, 1.82) is 0 Å². The van der Waals surface area contributed by atoms with Gasteiger partial charge in [0.15, 0.2) is 0 Å². The molecule has 6 heteroatoms. The van der Waals surface area contributed by atoms with Crippen LogP contribution in [-0.4, -0.2) is 51.9 Å². The van der Waals surface area contributed by atoms with Gasteiger partial charge in [-0.2, -0.15) is 5.10 Å². The lowest BCUT2D eigenvalue weighted by Crippen LogP contribution is -2.52. The van der Waals surface area contributed by atoms with Gasteiger partial charge < -0.3 is 10.1 Å². The van der Waals surface area contributed by atoms with Gasteiger partial charge in [0.05, 0.1) is 35.3 Å². The zero-order valence-corrected chi connectivity index (χ0v) is 13.8. The lowest BCUT2D eigenvalue weighted by atomic mass is 10.1. The fraction of sp³-hybridized carbons (Fsp3) is 0.733. The largest absolute Gasteiger partial charge is 0.373 e. The van der Waals surface area contributed by atoms with Gasteiger partial charge in [-0.15, -0.1) is 0 Å².